The highest BCUT2D eigenvalue weighted by molar-refractivity contribution is 5.96. The second-order valence-electron chi connectivity index (χ2n) is 7.59. The molecule has 0 saturated heterocycles. The van der Waals surface area contributed by atoms with Gasteiger partial charge in [0.2, 0.25) is 5.91 Å². The van der Waals surface area contributed by atoms with Crippen LogP contribution in [0.15, 0.2) is 42.5 Å². The Morgan fingerprint density at radius 1 is 0.943 bits per heavy atom. The Balaban J connectivity index is 1.75. The number of esters is 2. The van der Waals surface area contributed by atoms with Crippen molar-refractivity contribution in [1.82, 2.24) is 0 Å². The maximum absolute atomic E-state index is 12.1. The second kappa shape index (κ2) is 13.4. The van der Waals surface area contributed by atoms with Gasteiger partial charge in [0.15, 0.2) is 6.61 Å². The van der Waals surface area contributed by atoms with Gasteiger partial charge in [-0.1, -0.05) is 25.5 Å². The van der Waals surface area contributed by atoms with Crippen LogP contribution in [0.2, 0.25) is 0 Å². The Morgan fingerprint density at radius 2 is 1.66 bits per heavy atom. The number of rotatable bonds is 12. The largest absolute Gasteiger partial charge is 0.462 e. The van der Waals surface area contributed by atoms with E-state index in [0.29, 0.717) is 23.4 Å². The van der Waals surface area contributed by atoms with E-state index < -0.39 is 35.3 Å². The highest BCUT2D eigenvalue weighted by Gasteiger charge is 2.15. The molecule has 35 heavy (non-hydrogen) atoms. The minimum absolute atomic E-state index is 0.148. The quantitative estimate of drug-likeness (QED) is 0.199. The molecule has 0 aromatic heterocycles. The number of nitro groups is 1. The highest BCUT2D eigenvalue weighted by atomic mass is 16.6. The van der Waals surface area contributed by atoms with Gasteiger partial charge in [-0.25, -0.2) is 4.79 Å². The van der Waals surface area contributed by atoms with Gasteiger partial charge in [-0.05, 0) is 37.6 Å². The van der Waals surface area contributed by atoms with Crippen LogP contribution in [0.5, 0.6) is 0 Å². The molecule has 0 heterocycles. The molecule has 2 N–H and O–H groups in total. The predicted molar refractivity (Wildman–Crippen MR) is 127 cm³/mol. The van der Waals surface area contributed by atoms with Crippen molar-refractivity contribution in [3.05, 3.63) is 63.7 Å². The summed E-state index contributed by atoms with van der Waals surface area (Å²) >= 11 is 0. The summed E-state index contributed by atoms with van der Waals surface area (Å²) in [6.07, 6.45) is 1.19. The minimum atomic E-state index is -0.765. The Hall–Kier alpha value is -4.28. The average molecular weight is 485 g/mol. The van der Waals surface area contributed by atoms with Gasteiger partial charge in [0, 0.05) is 29.4 Å². The third kappa shape index (κ3) is 9.24. The first-order valence-electron chi connectivity index (χ1n) is 11.0. The molecule has 0 aliphatic carbocycles. The second-order valence-corrected chi connectivity index (χ2v) is 7.59. The van der Waals surface area contributed by atoms with E-state index in [-0.39, 0.29) is 24.2 Å². The summed E-state index contributed by atoms with van der Waals surface area (Å²) in [7, 11) is 0. The van der Waals surface area contributed by atoms with Gasteiger partial charge in [0.25, 0.3) is 11.6 Å². The Morgan fingerprint density at radius 3 is 2.37 bits per heavy atom. The zero-order valence-electron chi connectivity index (χ0n) is 19.5. The van der Waals surface area contributed by atoms with E-state index in [9.17, 15) is 29.3 Å². The smallest absolute Gasteiger partial charge is 0.338 e. The van der Waals surface area contributed by atoms with Crippen LogP contribution < -0.4 is 10.6 Å². The van der Waals surface area contributed by atoms with Crippen LogP contribution in [-0.2, 0) is 23.9 Å². The number of nitrogens with one attached hydrogen (secondary N) is 2. The van der Waals surface area contributed by atoms with Crippen molar-refractivity contribution in [2.75, 3.05) is 23.8 Å². The number of ether oxygens (including phenoxy) is 2. The fraction of sp³-hybridized carbons (Fsp3) is 0.333. The summed E-state index contributed by atoms with van der Waals surface area (Å²) in [6, 6.07) is 10.4. The molecule has 11 heteroatoms. The van der Waals surface area contributed by atoms with Gasteiger partial charge < -0.3 is 20.1 Å². The summed E-state index contributed by atoms with van der Waals surface area (Å²) in [4.78, 5) is 58.4. The normalized spacial score (nSPS) is 10.2. The average Bonchev–Trinajstić information content (AvgIpc) is 2.82. The fourth-order valence-electron chi connectivity index (χ4n) is 2.85. The van der Waals surface area contributed by atoms with Crippen LogP contribution in [0.3, 0.4) is 0 Å². The number of unbranched alkanes of at least 4 members (excludes halogenated alkanes) is 1. The van der Waals surface area contributed by atoms with Crippen molar-refractivity contribution in [2.24, 2.45) is 0 Å². The molecule has 0 aliphatic heterocycles. The van der Waals surface area contributed by atoms with E-state index in [1.54, 1.807) is 25.1 Å². The van der Waals surface area contributed by atoms with Gasteiger partial charge in [0.1, 0.15) is 0 Å². The number of nitro benzene ring substituents is 1. The first kappa shape index (κ1) is 27.0. The molecule has 2 aromatic rings. The van der Waals surface area contributed by atoms with Crippen molar-refractivity contribution in [1.29, 1.82) is 0 Å². The minimum Gasteiger partial charge on any atom is -0.462 e. The lowest BCUT2D eigenvalue weighted by Gasteiger charge is -2.09. The molecule has 11 nitrogen and oxygen atoms in total. The fourth-order valence-corrected chi connectivity index (χ4v) is 2.85. The lowest BCUT2D eigenvalue weighted by Crippen LogP contribution is -2.22. The number of benzene rings is 2. The van der Waals surface area contributed by atoms with Gasteiger partial charge in [0.05, 0.1) is 23.5 Å². The number of amides is 2. The Bertz CT molecular complexity index is 1100. The van der Waals surface area contributed by atoms with Crippen LogP contribution in [0.25, 0.3) is 0 Å². The summed E-state index contributed by atoms with van der Waals surface area (Å²) in [5.41, 5.74) is 1.16. The number of nitrogens with zero attached hydrogens (tertiary/aromatic N) is 1. The molecule has 0 fully saturated rings. The first-order chi connectivity index (χ1) is 16.7. The van der Waals surface area contributed by atoms with E-state index >= 15 is 0 Å². The molecule has 0 atom stereocenters. The molecule has 0 unspecified atom stereocenters. The molecule has 0 aliphatic rings. The third-order valence-electron chi connectivity index (χ3n) is 4.72. The monoisotopic (exact) mass is 485 g/mol. The summed E-state index contributed by atoms with van der Waals surface area (Å²) in [6.45, 7) is 3.26. The number of carbonyl (C=O) groups is 4. The maximum Gasteiger partial charge on any atom is 0.338 e. The first-order valence-corrected chi connectivity index (χ1v) is 11.0. The van der Waals surface area contributed by atoms with Gasteiger partial charge in [-0.2, -0.15) is 0 Å². The van der Waals surface area contributed by atoms with Crippen LogP contribution in [0.4, 0.5) is 17.1 Å². The van der Waals surface area contributed by atoms with Crippen molar-refractivity contribution in [2.45, 2.75) is 39.5 Å². The van der Waals surface area contributed by atoms with E-state index in [2.05, 4.69) is 10.6 Å². The number of aryl methyl sites for hydroxylation is 1. The summed E-state index contributed by atoms with van der Waals surface area (Å²) < 4.78 is 9.99. The molecule has 2 rings (SSSR count). The molecule has 186 valence electrons. The molecular weight excluding hydrogens is 458 g/mol. The van der Waals surface area contributed by atoms with Crippen molar-refractivity contribution < 1.29 is 33.6 Å². The Kier molecular flexibility index (Phi) is 10.3. The van der Waals surface area contributed by atoms with Crippen molar-refractivity contribution >= 4 is 40.8 Å². The standard InChI is InChI=1S/C24H27N3O8/c1-3-4-12-34-24(31)17-6-5-7-18(13-17)25-21(28)10-11-23(30)35-15-22(29)26-19-9-8-16(2)20(14-19)27(32)33/h5-9,13-14H,3-4,10-12,15H2,1-2H3,(H,25,28)(H,26,29). The van der Waals surface area contributed by atoms with Crippen LogP contribution in [0, 0.1) is 17.0 Å². The number of anilines is 2. The van der Waals surface area contributed by atoms with Crippen molar-refractivity contribution in [3.8, 4) is 0 Å². The molecule has 2 amide bonds. The number of hydrogen-bond acceptors (Lipinski definition) is 8. The predicted octanol–water partition coefficient (Wildman–Crippen LogP) is 3.76. The highest BCUT2D eigenvalue weighted by Crippen LogP contribution is 2.22. The SMILES string of the molecule is CCCCOC(=O)c1cccc(NC(=O)CCC(=O)OCC(=O)Nc2ccc(C)c([N+](=O)[O-])c2)c1. The van der Waals surface area contributed by atoms with E-state index in [0.717, 1.165) is 12.8 Å². The molecule has 0 radical (unpaired) electrons. The van der Waals surface area contributed by atoms with Crippen LogP contribution in [0.1, 0.15) is 48.5 Å². The van der Waals surface area contributed by atoms with Gasteiger partial charge in [-0.15, -0.1) is 0 Å². The van der Waals surface area contributed by atoms with Crippen LogP contribution in [-0.4, -0.2) is 41.9 Å². The third-order valence-corrected chi connectivity index (χ3v) is 4.72. The zero-order chi connectivity index (χ0) is 25.8. The summed E-state index contributed by atoms with van der Waals surface area (Å²) in [5.74, 6) is -2.41. The molecule has 0 spiro atoms. The summed E-state index contributed by atoms with van der Waals surface area (Å²) in [5, 5.41) is 16.0. The van der Waals surface area contributed by atoms with E-state index in [1.165, 1.54) is 24.3 Å². The molecule has 0 bridgehead atoms. The Labute approximate surface area is 201 Å². The van der Waals surface area contributed by atoms with Gasteiger partial charge in [-0.3, -0.25) is 24.5 Å². The molecule has 0 saturated carbocycles. The molecule has 2 aromatic carbocycles. The van der Waals surface area contributed by atoms with Crippen LogP contribution >= 0.6 is 0 Å². The van der Waals surface area contributed by atoms with E-state index in [1.807, 2.05) is 6.92 Å². The lowest BCUT2D eigenvalue weighted by molar-refractivity contribution is -0.385. The topological polar surface area (TPSA) is 154 Å². The maximum atomic E-state index is 12.1. The number of hydrogen-bond donors (Lipinski definition) is 2. The zero-order valence-corrected chi connectivity index (χ0v) is 19.5. The number of carbonyl (C=O) groups excluding carboxylic acids is 4. The van der Waals surface area contributed by atoms with E-state index in [4.69, 9.17) is 9.47 Å². The lowest BCUT2D eigenvalue weighted by atomic mass is 10.2. The molecular formula is C24H27N3O8. The van der Waals surface area contributed by atoms with Gasteiger partial charge >= 0.3 is 11.9 Å². The van der Waals surface area contributed by atoms with Crippen molar-refractivity contribution in [3.63, 3.8) is 0 Å².